The number of ether oxygens (including phenoxy) is 1. The molecule has 2 aromatic rings. The van der Waals surface area contributed by atoms with E-state index in [2.05, 4.69) is 39.6 Å². The van der Waals surface area contributed by atoms with Crippen molar-refractivity contribution in [1.29, 1.82) is 0 Å². The van der Waals surface area contributed by atoms with Crippen molar-refractivity contribution in [2.24, 2.45) is 0 Å². The molecule has 1 atom stereocenters. The molecule has 1 aromatic carbocycles. The molecule has 0 unspecified atom stereocenters. The number of halogens is 1. The Morgan fingerprint density at radius 2 is 2.00 bits per heavy atom. The zero-order chi connectivity index (χ0) is 18.2. The summed E-state index contributed by atoms with van der Waals surface area (Å²) < 4.78 is 34.7. The van der Waals surface area contributed by atoms with Crippen molar-refractivity contribution in [3.63, 3.8) is 0 Å². The molecule has 0 fully saturated rings. The first kappa shape index (κ1) is 18.7. The predicted octanol–water partition coefficient (Wildman–Crippen LogP) is 3.74. The number of thiophene rings is 1. The second-order valence-corrected chi connectivity index (χ2v) is 10.7. The van der Waals surface area contributed by atoms with Gasteiger partial charge in [-0.15, -0.1) is 11.3 Å². The highest BCUT2D eigenvalue weighted by atomic mass is 79.9. The maximum absolute atomic E-state index is 12.7. The van der Waals surface area contributed by atoms with E-state index in [1.165, 1.54) is 11.3 Å². The molecule has 1 heterocycles. The molecule has 5 nitrogen and oxygen atoms in total. The Morgan fingerprint density at radius 3 is 2.60 bits per heavy atom. The molecular formula is C17H21BrN2O3S2. The van der Waals surface area contributed by atoms with E-state index < -0.39 is 10.0 Å². The first-order valence-electron chi connectivity index (χ1n) is 7.95. The molecule has 1 aliphatic rings. The summed E-state index contributed by atoms with van der Waals surface area (Å²) in [6, 6.07) is 7.42. The fraction of sp³-hybridized carbons (Fsp3) is 0.412. The number of hydrogen-bond donors (Lipinski definition) is 1. The maximum atomic E-state index is 12.7. The fourth-order valence-electron chi connectivity index (χ4n) is 3.19. The third-order valence-electron chi connectivity index (χ3n) is 4.56. The van der Waals surface area contributed by atoms with Gasteiger partial charge in [-0.2, -0.15) is 0 Å². The van der Waals surface area contributed by atoms with E-state index in [0.717, 1.165) is 39.9 Å². The summed E-state index contributed by atoms with van der Waals surface area (Å²) in [5, 5.41) is 0. The van der Waals surface area contributed by atoms with Crippen LogP contribution >= 0.6 is 27.3 Å². The SMILES string of the molecule is COc1ccc(NS(=O)(=O)c2ccc(Br)s2)c2c1C[C@@H](N(C)C)CC2. The number of methoxy groups -OCH3 is 1. The molecule has 0 saturated heterocycles. The van der Waals surface area contributed by atoms with E-state index in [4.69, 9.17) is 4.74 Å². The highest BCUT2D eigenvalue weighted by molar-refractivity contribution is 9.11. The lowest BCUT2D eigenvalue weighted by molar-refractivity contribution is 0.265. The van der Waals surface area contributed by atoms with E-state index in [0.29, 0.717) is 15.9 Å². The van der Waals surface area contributed by atoms with Crippen molar-refractivity contribution in [3.05, 3.63) is 39.2 Å². The Balaban J connectivity index is 1.97. The van der Waals surface area contributed by atoms with Crippen LogP contribution in [0.3, 0.4) is 0 Å². The Hall–Kier alpha value is -1.09. The third-order valence-corrected chi connectivity index (χ3v) is 8.04. The maximum Gasteiger partial charge on any atom is 0.271 e. The number of benzene rings is 1. The Morgan fingerprint density at radius 1 is 1.24 bits per heavy atom. The lowest BCUT2D eigenvalue weighted by Gasteiger charge is -2.32. The Bertz CT molecular complexity index is 878. The van der Waals surface area contributed by atoms with Crippen LogP contribution in [0.5, 0.6) is 5.75 Å². The zero-order valence-corrected chi connectivity index (χ0v) is 17.6. The molecule has 3 rings (SSSR count). The minimum Gasteiger partial charge on any atom is -0.496 e. The number of anilines is 1. The number of hydrogen-bond acceptors (Lipinski definition) is 5. The molecule has 136 valence electrons. The first-order valence-corrected chi connectivity index (χ1v) is 11.0. The summed E-state index contributed by atoms with van der Waals surface area (Å²) in [6.07, 6.45) is 2.67. The summed E-state index contributed by atoms with van der Waals surface area (Å²) in [6.45, 7) is 0. The van der Waals surface area contributed by atoms with Gasteiger partial charge in [0.2, 0.25) is 0 Å². The normalized spacial score (nSPS) is 17.4. The van der Waals surface area contributed by atoms with Crippen molar-refractivity contribution in [2.45, 2.75) is 29.5 Å². The van der Waals surface area contributed by atoms with Gasteiger partial charge in [-0.05, 0) is 79.1 Å². The van der Waals surface area contributed by atoms with Gasteiger partial charge in [0.25, 0.3) is 10.0 Å². The molecular weight excluding hydrogens is 424 g/mol. The van der Waals surface area contributed by atoms with Gasteiger partial charge >= 0.3 is 0 Å². The van der Waals surface area contributed by atoms with E-state index in [1.807, 2.05) is 6.07 Å². The van der Waals surface area contributed by atoms with Gasteiger partial charge in [0.05, 0.1) is 16.6 Å². The molecule has 0 amide bonds. The third kappa shape index (κ3) is 3.86. The van der Waals surface area contributed by atoms with Crippen LogP contribution in [0.25, 0.3) is 0 Å². The number of nitrogens with one attached hydrogen (secondary N) is 1. The van der Waals surface area contributed by atoms with Gasteiger partial charge in [0, 0.05) is 11.6 Å². The Labute approximate surface area is 161 Å². The minimum atomic E-state index is -3.59. The van der Waals surface area contributed by atoms with Crippen LogP contribution in [0.1, 0.15) is 17.5 Å². The van der Waals surface area contributed by atoms with Crippen LogP contribution in [0.4, 0.5) is 5.69 Å². The molecule has 8 heteroatoms. The number of nitrogens with zero attached hydrogens (tertiary/aromatic N) is 1. The van der Waals surface area contributed by atoms with Crippen LogP contribution < -0.4 is 9.46 Å². The van der Waals surface area contributed by atoms with E-state index >= 15 is 0 Å². The number of sulfonamides is 1. The van der Waals surface area contributed by atoms with Gasteiger partial charge in [0.15, 0.2) is 0 Å². The quantitative estimate of drug-likeness (QED) is 0.762. The first-order chi connectivity index (χ1) is 11.8. The van der Waals surface area contributed by atoms with Crippen molar-refractivity contribution in [3.8, 4) is 5.75 Å². The van der Waals surface area contributed by atoms with E-state index in [-0.39, 0.29) is 0 Å². The molecule has 1 aromatic heterocycles. The molecule has 0 spiro atoms. The highest BCUT2D eigenvalue weighted by Crippen LogP contribution is 2.37. The molecule has 0 saturated carbocycles. The average Bonchev–Trinajstić information content (AvgIpc) is 3.02. The molecule has 1 N–H and O–H groups in total. The van der Waals surface area contributed by atoms with Crippen molar-refractivity contribution in [2.75, 3.05) is 25.9 Å². The monoisotopic (exact) mass is 444 g/mol. The number of fused-ring (bicyclic) bond motifs is 1. The van der Waals surface area contributed by atoms with Gasteiger partial charge in [0.1, 0.15) is 9.96 Å². The van der Waals surface area contributed by atoms with E-state index in [1.54, 1.807) is 25.3 Å². The molecule has 0 radical (unpaired) electrons. The smallest absolute Gasteiger partial charge is 0.271 e. The lowest BCUT2D eigenvalue weighted by Crippen LogP contribution is -2.34. The average molecular weight is 445 g/mol. The second kappa shape index (κ2) is 7.26. The summed E-state index contributed by atoms with van der Waals surface area (Å²) >= 11 is 4.51. The molecule has 0 bridgehead atoms. The summed E-state index contributed by atoms with van der Waals surface area (Å²) in [5.74, 6) is 0.823. The van der Waals surface area contributed by atoms with Gasteiger partial charge in [-0.3, -0.25) is 4.72 Å². The molecule has 25 heavy (non-hydrogen) atoms. The second-order valence-electron chi connectivity index (χ2n) is 6.30. The van der Waals surface area contributed by atoms with Gasteiger partial charge in [-0.1, -0.05) is 0 Å². The van der Waals surface area contributed by atoms with Crippen LogP contribution in [0.15, 0.2) is 32.3 Å². The van der Waals surface area contributed by atoms with Crippen LogP contribution in [-0.2, 0) is 22.9 Å². The van der Waals surface area contributed by atoms with Crippen molar-refractivity contribution in [1.82, 2.24) is 4.90 Å². The standard InChI is InChI=1S/C17H21BrN2O3S2/c1-20(2)11-4-5-12-13(10-11)15(23-3)7-6-14(12)19-25(21,22)17-9-8-16(18)24-17/h6-9,11,19H,4-5,10H2,1-3H3/t11-/m0/s1. The lowest BCUT2D eigenvalue weighted by atomic mass is 9.86. The van der Waals surface area contributed by atoms with Crippen LogP contribution in [0, 0.1) is 0 Å². The van der Waals surface area contributed by atoms with E-state index in [9.17, 15) is 8.42 Å². The molecule has 1 aliphatic carbocycles. The largest absolute Gasteiger partial charge is 0.496 e. The fourth-order valence-corrected chi connectivity index (χ4v) is 6.30. The highest BCUT2D eigenvalue weighted by Gasteiger charge is 2.27. The number of rotatable bonds is 5. The summed E-state index contributed by atoms with van der Waals surface area (Å²) in [5.41, 5.74) is 2.79. The Kier molecular flexibility index (Phi) is 5.43. The molecule has 0 aliphatic heterocycles. The van der Waals surface area contributed by atoms with Crippen LogP contribution in [0.2, 0.25) is 0 Å². The van der Waals surface area contributed by atoms with Crippen LogP contribution in [-0.4, -0.2) is 40.6 Å². The topological polar surface area (TPSA) is 58.6 Å². The number of likely N-dealkylation sites (N-methyl/N-ethyl adjacent to an activating group) is 1. The summed E-state index contributed by atoms with van der Waals surface area (Å²) in [7, 11) is 2.21. The van der Waals surface area contributed by atoms with Gasteiger partial charge in [-0.25, -0.2) is 8.42 Å². The van der Waals surface area contributed by atoms with Crippen molar-refractivity contribution >= 4 is 43.0 Å². The summed E-state index contributed by atoms with van der Waals surface area (Å²) in [4.78, 5) is 2.21. The van der Waals surface area contributed by atoms with Crippen molar-refractivity contribution < 1.29 is 13.2 Å². The zero-order valence-electron chi connectivity index (χ0n) is 14.4. The van der Waals surface area contributed by atoms with Gasteiger partial charge < -0.3 is 9.64 Å². The predicted molar refractivity (Wildman–Crippen MR) is 105 cm³/mol. The minimum absolute atomic E-state index is 0.297.